The third kappa shape index (κ3) is 4.84. The second kappa shape index (κ2) is 8.52. The van der Waals surface area contributed by atoms with Gasteiger partial charge in [-0.15, -0.1) is 0 Å². The van der Waals surface area contributed by atoms with E-state index in [9.17, 15) is 9.18 Å². The molecule has 134 valence electrons. The number of carbonyl (C=O) groups excluding carboxylic acids is 1. The molecule has 0 unspecified atom stereocenters. The largest absolute Gasteiger partial charge is 0.495 e. The number of ether oxygens (including phenoxy) is 1. The molecular weight excluding hydrogens is 366 g/mol. The van der Waals surface area contributed by atoms with E-state index in [2.05, 4.69) is 10.6 Å². The van der Waals surface area contributed by atoms with Gasteiger partial charge >= 0.3 is 0 Å². The summed E-state index contributed by atoms with van der Waals surface area (Å²) in [5, 5.41) is 6.19. The molecule has 4 nitrogen and oxygen atoms in total. The Balaban J connectivity index is 2.07. The van der Waals surface area contributed by atoms with Crippen LogP contribution in [0.25, 0.3) is 0 Å². The van der Waals surface area contributed by atoms with E-state index < -0.39 is 11.9 Å². The quantitative estimate of drug-likeness (QED) is 0.701. The standard InChI is InChI=1S/C18H19Cl2FN2O2/c1-10(12-8-15(21)14(20)9-13(12)19)22-11(2)18(24)23-16-6-4-5-7-17(16)25-3/h4-11,22H,1-3H3,(H,23,24)/t10-,11-/m1/s1. The first-order valence-electron chi connectivity index (χ1n) is 7.67. The Morgan fingerprint density at radius 1 is 1.16 bits per heavy atom. The van der Waals surface area contributed by atoms with E-state index in [1.54, 1.807) is 32.0 Å². The van der Waals surface area contributed by atoms with E-state index in [1.165, 1.54) is 19.2 Å². The van der Waals surface area contributed by atoms with E-state index in [0.717, 1.165) is 0 Å². The van der Waals surface area contributed by atoms with Crippen LogP contribution in [0.2, 0.25) is 10.0 Å². The second-order valence-corrected chi connectivity index (χ2v) is 6.40. The molecule has 25 heavy (non-hydrogen) atoms. The van der Waals surface area contributed by atoms with Crippen LogP contribution in [-0.4, -0.2) is 19.1 Å². The van der Waals surface area contributed by atoms with Gasteiger partial charge in [-0.05, 0) is 43.7 Å². The molecule has 2 rings (SSSR count). The summed E-state index contributed by atoms with van der Waals surface area (Å²) in [7, 11) is 1.53. The Hall–Kier alpha value is -1.82. The number of halogens is 3. The summed E-state index contributed by atoms with van der Waals surface area (Å²) >= 11 is 11.8. The summed E-state index contributed by atoms with van der Waals surface area (Å²) in [6.45, 7) is 3.50. The van der Waals surface area contributed by atoms with Gasteiger partial charge in [-0.3, -0.25) is 10.1 Å². The van der Waals surface area contributed by atoms with Crippen LogP contribution in [-0.2, 0) is 4.79 Å². The SMILES string of the molecule is COc1ccccc1NC(=O)[C@@H](C)N[C@H](C)c1cc(F)c(Cl)cc1Cl. The molecule has 2 aromatic carbocycles. The van der Waals surface area contributed by atoms with E-state index in [1.807, 2.05) is 6.07 Å². The van der Waals surface area contributed by atoms with Crippen LogP contribution in [0, 0.1) is 5.82 Å². The predicted molar refractivity (Wildman–Crippen MR) is 99.1 cm³/mol. The maximum atomic E-state index is 13.7. The molecule has 0 bridgehead atoms. The third-order valence-electron chi connectivity index (χ3n) is 3.76. The summed E-state index contributed by atoms with van der Waals surface area (Å²) in [5.41, 5.74) is 1.10. The van der Waals surface area contributed by atoms with Gasteiger partial charge in [-0.25, -0.2) is 4.39 Å². The lowest BCUT2D eigenvalue weighted by atomic mass is 10.1. The molecule has 0 saturated carbocycles. The predicted octanol–water partition coefficient (Wildman–Crippen LogP) is 4.82. The normalized spacial score (nSPS) is 13.2. The monoisotopic (exact) mass is 384 g/mol. The zero-order chi connectivity index (χ0) is 18.6. The highest BCUT2D eigenvalue weighted by Gasteiger charge is 2.20. The first-order valence-corrected chi connectivity index (χ1v) is 8.43. The maximum absolute atomic E-state index is 13.7. The topological polar surface area (TPSA) is 50.4 Å². The first kappa shape index (κ1) is 19.5. The van der Waals surface area contributed by atoms with Crippen molar-refractivity contribution in [2.45, 2.75) is 25.9 Å². The zero-order valence-electron chi connectivity index (χ0n) is 14.1. The van der Waals surface area contributed by atoms with Gasteiger partial charge in [0.15, 0.2) is 0 Å². The van der Waals surface area contributed by atoms with Crippen molar-refractivity contribution in [2.24, 2.45) is 0 Å². The average Bonchev–Trinajstić information content (AvgIpc) is 2.58. The Bertz CT molecular complexity index is 771. The lowest BCUT2D eigenvalue weighted by Crippen LogP contribution is -2.39. The van der Waals surface area contributed by atoms with E-state index in [4.69, 9.17) is 27.9 Å². The fourth-order valence-electron chi connectivity index (χ4n) is 2.40. The van der Waals surface area contributed by atoms with Crippen LogP contribution in [0.4, 0.5) is 10.1 Å². The number of carbonyl (C=O) groups is 1. The van der Waals surface area contributed by atoms with Crippen molar-refractivity contribution < 1.29 is 13.9 Å². The third-order valence-corrected chi connectivity index (χ3v) is 4.38. The van der Waals surface area contributed by atoms with E-state index in [0.29, 0.717) is 22.0 Å². The second-order valence-electron chi connectivity index (χ2n) is 5.59. The van der Waals surface area contributed by atoms with Crippen molar-refractivity contribution in [3.8, 4) is 5.75 Å². The van der Waals surface area contributed by atoms with Gasteiger partial charge in [-0.2, -0.15) is 0 Å². The Morgan fingerprint density at radius 3 is 2.52 bits per heavy atom. The van der Waals surface area contributed by atoms with E-state index >= 15 is 0 Å². The number of rotatable bonds is 6. The number of para-hydroxylation sites is 2. The van der Waals surface area contributed by atoms with Gasteiger partial charge < -0.3 is 10.1 Å². The average molecular weight is 385 g/mol. The summed E-state index contributed by atoms with van der Waals surface area (Å²) in [5.74, 6) is -0.235. The number of amides is 1. The fourth-order valence-corrected chi connectivity index (χ4v) is 2.95. The number of methoxy groups -OCH3 is 1. The Labute approximate surface area is 156 Å². The molecule has 2 atom stereocenters. The van der Waals surface area contributed by atoms with Crippen molar-refractivity contribution in [1.29, 1.82) is 0 Å². The van der Waals surface area contributed by atoms with Crippen LogP contribution < -0.4 is 15.4 Å². The van der Waals surface area contributed by atoms with Gasteiger partial charge in [0.25, 0.3) is 0 Å². The van der Waals surface area contributed by atoms with Gasteiger partial charge in [0.1, 0.15) is 11.6 Å². The highest BCUT2D eigenvalue weighted by atomic mass is 35.5. The van der Waals surface area contributed by atoms with Crippen LogP contribution in [0.5, 0.6) is 5.75 Å². The Kier molecular flexibility index (Phi) is 6.64. The van der Waals surface area contributed by atoms with Crippen molar-refractivity contribution in [3.05, 3.63) is 57.8 Å². The number of anilines is 1. The Morgan fingerprint density at radius 2 is 1.84 bits per heavy atom. The molecule has 0 fully saturated rings. The van der Waals surface area contributed by atoms with E-state index in [-0.39, 0.29) is 17.0 Å². The molecule has 0 heterocycles. The fraction of sp³-hybridized carbons (Fsp3) is 0.278. The molecule has 2 N–H and O–H groups in total. The molecule has 1 amide bonds. The minimum absolute atomic E-state index is 0.0390. The van der Waals surface area contributed by atoms with Gasteiger partial charge in [0, 0.05) is 11.1 Å². The van der Waals surface area contributed by atoms with Crippen LogP contribution in [0.3, 0.4) is 0 Å². The van der Waals surface area contributed by atoms with Gasteiger partial charge in [0.2, 0.25) is 5.91 Å². The highest BCUT2D eigenvalue weighted by molar-refractivity contribution is 6.35. The number of hydrogen-bond acceptors (Lipinski definition) is 3. The molecule has 0 radical (unpaired) electrons. The zero-order valence-corrected chi connectivity index (χ0v) is 15.6. The van der Waals surface area contributed by atoms with Crippen molar-refractivity contribution >= 4 is 34.8 Å². The van der Waals surface area contributed by atoms with Gasteiger partial charge in [0.05, 0.1) is 23.9 Å². The summed E-state index contributed by atoms with van der Waals surface area (Å²) in [6.07, 6.45) is 0. The van der Waals surface area contributed by atoms with Crippen LogP contribution >= 0.6 is 23.2 Å². The number of hydrogen-bond donors (Lipinski definition) is 2. The smallest absolute Gasteiger partial charge is 0.241 e. The molecule has 0 aromatic heterocycles. The molecule has 0 aliphatic heterocycles. The molecule has 0 aliphatic rings. The van der Waals surface area contributed by atoms with Crippen molar-refractivity contribution in [1.82, 2.24) is 5.32 Å². The summed E-state index contributed by atoms with van der Waals surface area (Å²) < 4.78 is 18.9. The minimum atomic E-state index is -0.555. The maximum Gasteiger partial charge on any atom is 0.241 e. The molecule has 7 heteroatoms. The molecule has 0 saturated heterocycles. The van der Waals surface area contributed by atoms with Crippen LogP contribution in [0.1, 0.15) is 25.5 Å². The molecule has 0 spiro atoms. The number of nitrogens with one attached hydrogen (secondary N) is 2. The lowest BCUT2D eigenvalue weighted by Gasteiger charge is -2.21. The molecule has 0 aliphatic carbocycles. The first-order chi connectivity index (χ1) is 11.8. The molecular formula is C18H19Cl2FN2O2. The summed E-state index contributed by atoms with van der Waals surface area (Å²) in [6, 6.07) is 8.85. The van der Waals surface area contributed by atoms with Crippen LogP contribution in [0.15, 0.2) is 36.4 Å². The minimum Gasteiger partial charge on any atom is -0.495 e. The summed E-state index contributed by atoms with van der Waals surface area (Å²) in [4.78, 5) is 12.4. The molecule has 2 aromatic rings. The van der Waals surface area contributed by atoms with Crippen molar-refractivity contribution in [2.75, 3.05) is 12.4 Å². The van der Waals surface area contributed by atoms with Crippen molar-refractivity contribution in [3.63, 3.8) is 0 Å². The lowest BCUT2D eigenvalue weighted by molar-refractivity contribution is -0.117. The highest BCUT2D eigenvalue weighted by Crippen LogP contribution is 2.29. The van der Waals surface area contributed by atoms with Gasteiger partial charge in [-0.1, -0.05) is 35.3 Å². The number of benzene rings is 2.